The maximum Gasteiger partial charge on any atom is 0.259 e. The number of Topliss-reactive ketones (excluding diaryl/α,β-unsaturated/α-hetero) is 1. The van der Waals surface area contributed by atoms with Crippen molar-refractivity contribution in [2.45, 2.75) is 6.04 Å². The molecule has 1 aromatic heterocycles. The van der Waals surface area contributed by atoms with Crippen molar-refractivity contribution in [2.24, 2.45) is 11.0 Å². The highest BCUT2D eigenvalue weighted by molar-refractivity contribution is 6.52. The first kappa shape index (κ1) is 13.4. The first-order valence-corrected chi connectivity index (χ1v) is 7.02. The molecule has 0 aliphatic carbocycles. The zero-order chi connectivity index (χ0) is 16.0. The van der Waals surface area contributed by atoms with Crippen LogP contribution in [0.2, 0.25) is 0 Å². The standard InChI is InChI=1S/C16H11N3O4/c20-14(10-7-4-8-23-10)12-11-13(18-17-12)16(22)19(15(11)21)9-5-2-1-3-6-9/h1-8,11,13,18H/t11-,13+/m0/s1. The van der Waals surface area contributed by atoms with E-state index in [0.717, 1.165) is 4.90 Å². The second kappa shape index (κ2) is 4.91. The van der Waals surface area contributed by atoms with Crippen molar-refractivity contribution in [1.29, 1.82) is 0 Å². The molecule has 3 heterocycles. The lowest BCUT2D eigenvalue weighted by Crippen LogP contribution is -2.36. The van der Waals surface area contributed by atoms with Gasteiger partial charge in [-0.25, -0.2) is 4.90 Å². The third-order valence-corrected chi connectivity index (χ3v) is 3.92. The molecule has 7 nitrogen and oxygen atoms in total. The second-order valence-electron chi connectivity index (χ2n) is 5.24. The Balaban J connectivity index is 1.69. The average molecular weight is 309 g/mol. The highest BCUT2D eigenvalue weighted by Crippen LogP contribution is 2.31. The van der Waals surface area contributed by atoms with E-state index in [9.17, 15) is 14.4 Å². The molecule has 1 saturated heterocycles. The summed E-state index contributed by atoms with van der Waals surface area (Å²) in [4.78, 5) is 38.7. The van der Waals surface area contributed by atoms with Crippen LogP contribution < -0.4 is 10.3 Å². The third kappa shape index (κ3) is 1.90. The van der Waals surface area contributed by atoms with Gasteiger partial charge in [-0.3, -0.25) is 19.8 Å². The minimum atomic E-state index is -0.930. The van der Waals surface area contributed by atoms with Crippen LogP contribution in [0.1, 0.15) is 10.6 Å². The van der Waals surface area contributed by atoms with Gasteiger partial charge in [-0.15, -0.1) is 0 Å². The molecule has 7 heteroatoms. The summed E-state index contributed by atoms with van der Waals surface area (Å²) >= 11 is 0. The normalized spacial score (nSPS) is 22.8. The highest BCUT2D eigenvalue weighted by Gasteiger charge is 2.55. The number of nitrogens with zero attached hydrogens (tertiary/aromatic N) is 2. The Morgan fingerprint density at radius 2 is 1.87 bits per heavy atom. The van der Waals surface area contributed by atoms with E-state index in [2.05, 4.69) is 10.5 Å². The van der Waals surface area contributed by atoms with Crippen LogP contribution >= 0.6 is 0 Å². The largest absolute Gasteiger partial charge is 0.461 e. The molecule has 114 valence electrons. The maximum atomic E-state index is 12.7. The monoisotopic (exact) mass is 309 g/mol. The number of rotatable bonds is 3. The van der Waals surface area contributed by atoms with E-state index >= 15 is 0 Å². The molecule has 2 aromatic rings. The number of anilines is 1. The van der Waals surface area contributed by atoms with E-state index in [0.29, 0.717) is 5.69 Å². The van der Waals surface area contributed by atoms with Gasteiger partial charge in [0.15, 0.2) is 5.76 Å². The number of benzene rings is 1. The van der Waals surface area contributed by atoms with Gasteiger partial charge in [0.1, 0.15) is 17.7 Å². The molecule has 1 N–H and O–H groups in total. The fourth-order valence-corrected chi connectivity index (χ4v) is 2.84. The van der Waals surface area contributed by atoms with Gasteiger partial charge in [0.2, 0.25) is 11.7 Å². The molecular weight excluding hydrogens is 298 g/mol. The Bertz CT molecular complexity index is 826. The van der Waals surface area contributed by atoms with Crippen LogP contribution in [0.25, 0.3) is 0 Å². The Labute approximate surface area is 130 Å². The fourth-order valence-electron chi connectivity index (χ4n) is 2.84. The van der Waals surface area contributed by atoms with Crippen molar-refractivity contribution in [1.82, 2.24) is 5.43 Å². The lowest BCUT2D eigenvalue weighted by Gasteiger charge is -2.15. The topological polar surface area (TPSA) is 92.0 Å². The summed E-state index contributed by atoms with van der Waals surface area (Å²) in [6.45, 7) is 0. The summed E-state index contributed by atoms with van der Waals surface area (Å²) in [5.41, 5.74) is 3.08. The first-order valence-electron chi connectivity index (χ1n) is 7.02. The molecule has 0 saturated carbocycles. The molecule has 2 aliphatic heterocycles. The van der Waals surface area contributed by atoms with Crippen LogP contribution in [-0.4, -0.2) is 29.4 Å². The van der Waals surface area contributed by atoms with Crippen molar-refractivity contribution in [3.05, 3.63) is 54.5 Å². The summed E-state index contributed by atoms with van der Waals surface area (Å²) in [5, 5.41) is 3.89. The summed E-state index contributed by atoms with van der Waals surface area (Å²) in [7, 11) is 0. The Morgan fingerprint density at radius 3 is 2.57 bits per heavy atom. The molecule has 4 rings (SSSR count). The molecule has 1 aromatic carbocycles. The van der Waals surface area contributed by atoms with E-state index in [-0.39, 0.29) is 11.5 Å². The van der Waals surface area contributed by atoms with E-state index in [1.54, 1.807) is 36.4 Å². The minimum absolute atomic E-state index is 0.00160. The van der Waals surface area contributed by atoms with Gasteiger partial charge in [-0.2, -0.15) is 5.10 Å². The van der Waals surface area contributed by atoms with Crippen LogP contribution in [0.4, 0.5) is 5.69 Å². The number of imide groups is 1. The van der Waals surface area contributed by atoms with Gasteiger partial charge in [-0.1, -0.05) is 18.2 Å². The highest BCUT2D eigenvalue weighted by atomic mass is 16.3. The number of ketones is 1. The predicted octanol–water partition coefficient (Wildman–Crippen LogP) is 0.980. The SMILES string of the molecule is O=C(C1=NN[C@H]2C(=O)N(c3ccccc3)C(=O)[C@@H]12)c1ccco1. The van der Waals surface area contributed by atoms with Crippen LogP contribution in [0.3, 0.4) is 0 Å². The summed E-state index contributed by atoms with van der Waals surface area (Å²) in [5.74, 6) is -2.22. The summed E-state index contributed by atoms with van der Waals surface area (Å²) in [6, 6.07) is 10.8. The van der Waals surface area contributed by atoms with Crippen molar-refractivity contribution in [3.8, 4) is 0 Å². The van der Waals surface area contributed by atoms with Crippen molar-refractivity contribution in [2.75, 3.05) is 4.90 Å². The molecule has 0 spiro atoms. The molecule has 2 aliphatic rings. The van der Waals surface area contributed by atoms with E-state index in [1.807, 2.05) is 0 Å². The van der Waals surface area contributed by atoms with E-state index < -0.39 is 29.6 Å². The number of carbonyl (C=O) groups excluding carboxylic acids is 3. The third-order valence-electron chi connectivity index (χ3n) is 3.92. The van der Waals surface area contributed by atoms with Gasteiger partial charge in [0.25, 0.3) is 5.91 Å². The van der Waals surface area contributed by atoms with Crippen LogP contribution in [0.15, 0.2) is 58.2 Å². The number of furan rings is 1. The van der Waals surface area contributed by atoms with Crippen molar-refractivity contribution < 1.29 is 18.8 Å². The smallest absolute Gasteiger partial charge is 0.259 e. The van der Waals surface area contributed by atoms with Gasteiger partial charge < -0.3 is 4.42 Å². The zero-order valence-corrected chi connectivity index (χ0v) is 11.8. The minimum Gasteiger partial charge on any atom is -0.461 e. The van der Waals surface area contributed by atoms with Gasteiger partial charge in [-0.05, 0) is 24.3 Å². The summed E-state index contributed by atoms with van der Waals surface area (Å²) in [6.07, 6.45) is 1.37. The van der Waals surface area contributed by atoms with Gasteiger partial charge in [0, 0.05) is 0 Å². The molecule has 23 heavy (non-hydrogen) atoms. The number of fused-ring (bicyclic) bond motifs is 1. The quantitative estimate of drug-likeness (QED) is 0.674. The molecule has 0 unspecified atom stereocenters. The number of carbonyl (C=O) groups is 3. The van der Waals surface area contributed by atoms with Crippen LogP contribution in [-0.2, 0) is 9.59 Å². The zero-order valence-electron chi connectivity index (χ0n) is 11.8. The number of para-hydroxylation sites is 1. The van der Waals surface area contributed by atoms with E-state index in [4.69, 9.17) is 4.42 Å². The fraction of sp³-hybridized carbons (Fsp3) is 0.125. The molecule has 0 radical (unpaired) electrons. The number of nitrogens with one attached hydrogen (secondary N) is 1. The van der Waals surface area contributed by atoms with Gasteiger partial charge >= 0.3 is 0 Å². The number of amides is 2. The lowest BCUT2D eigenvalue weighted by molar-refractivity contribution is -0.122. The number of hydrazone groups is 1. The van der Waals surface area contributed by atoms with Crippen molar-refractivity contribution >= 4 is 29.0 Å². The Morgan fingerprint density at radius 1 is 1.09 bits per heavy atom. The average Bonchev–Trinajstić information content (AvgIpc) is 3.28. The van der Waals surface area contributed by atoms with Gasteiger partial charge in [0.05, 0.1) is 12.0 Å². The van der Waals surface area contributed by atoms with Crippen LogP contribution in [0, 0.1) is 5.92 Å². The predicted molar refractivity (Wildman–Crippen MR) is 79.8 cm³/mol. The molecule has 1 fully saturated rings. The Hall–Kier alpha value is -3.22. The molecule has 2 atom stereocenters. The summed E-state index contributed by atoms with van der Waals surface area (Å²) < 4.78 is 5.06. The lowest BCUT2D eigenvalue weighted by atomic mass is 9.95. The second-order valence-corrected chi connectivity index (χ2v) is 5.24. The number of hydrogen-bond donors (Lipinski definition) is 1. The van der Waals surface area contributed by atoms with E-state index in [1.165, 1.54) is 12.3 Å². The van der Waals surface area contributed by atoms with Crippen molar-refractivity contribution in [3.63, 3.8) is 0 Å². The maximum absolute atomic E-state index is 12.7. The molecule has 0 bridgehead atoms. The molecule has 2 amide bonds. The van der Waals surface area contributed by atoms with Crippen LogP contribution in [0.5, 0.6) is 0 Å². The first-order chi connectivity index (χ1) is 11.2. The Kier molecular flexibility index (Phi) is 2.87. The number of hydrogen-bond acceptors (Lipinski definition) is 6. The molecular formula is C16H11N3O4.